The number of hydrogen-bond donors (Lipinski definition) is 2. The van der Waals surface area contributed by atoms with Gasteiger partial charge >= 0.3 is 0 Å². The number of anilines is 1. The summed E-state index contributed by atoms with van der Waals surface area (Å²) in [6, 6.07) is 19.8. The van der Waals surface area contributed by atoms with Crippen LogP contribution in [0.5, 0.6) is 0 Å². The van der Waals surface area contributed by atoms with E-state index in [9.17, 15) is 0 Å². The highest BCUT2D eigenvalue weighted by Gasteiger charge is 2.38. The van der Waals surface area contributed by atoms with Gasteiger partial charge in [0.15, 0.2) is 5.66 Å². The van der Waals surface area contributed by atoms with Crippen molar-refractivity contribution in [2.45, 2.75) is 18.5 Å². The van der Waals surface area contributed by atoms with Crippen molar-refractivity contribution in [1.82, 2.24) is 5.32 Å². The Morgan fingerprint density at radius 1 is 0.880 bits per heavy atom. The van der Waals surface area contributed by atoms with Crippen LogP contribution in [-0.4, -0.2) is 0 Å². The van der Waals surface area contributed by atoms with Gasteiger partial charge in [0.25, 0.3) is 0 Å². The molecule has 0 bridgehead atoms. The minimum Gasteiger partial charge on any atom is -0.359 e. The molecule has 0 saturated carbocycles. The highest BCUT2D eigenvalue weighted by molar-refractivity contribution is 5.89. The predicted octanol–water partition coefficient (Wildman–Crippen LogP) is 3.42. The van der Waals surface area contributed by atoms with Crippen LogP contribution in [0.4, 0.5) is 5.69 Å². The van der Waals surface area contributed by atoms with Crippen molar-refractivity contribution in [3.05, 3.63) is 82.2 Å². The van der Waals surface area contributed by atoms with Crippen LogP contribution in [0.2, 0.25) is 0 Å². The molecule has 2 nitrogen and oxygen atoms in total. The lowest BCUT2D eigenvalue weighted by Crippen LogP contribution is -2.54. The average Bonchev–Trinajstić information content (AvgIpc) is 2.97. The number of rotatable bonds is 0. The molecule has 2 N–H and O–H groups in total. The number of fused-ring (bicyclic) bond motifs is 3. The Balaban J connectivity index is 1.60. The van der Waals surface area contributed by atoms with E-state index in [4.69, 9.17) is 0 Å². The van der Waals surface area contributed by atoms with Crippen LogP contribution in [0.15, 0.2) is 60.7 Å². The van der Waals surface area contributed by atoms with Gasteiger partial charge < -0.3 is 10.6 Å². The van der Waals surface area contributed by atoms with Crippen LogP contribution in [-0.2, 0) is 5.66 Å². The van der Waals surface area contributed by atoms with E-state index in [2.05, 4.69) is 83.5 Å². The molecule has 3 aromatic carbocycles. The second kappa shape index (κ2) is 4.54. The Labute approximate surface area is 146 Å². The van der Waals surface area contributed by atoms with Gasteiger partial charge in [-0.15, -0.1) is 0 Å². The van der Waals surface area contributed by atoms with Crippen molar-refractivity contribution >= 4 is 34.3 Å². The SMILES string of the molecule is C1=CC2(NC3=c4c(cccc4=CCC3)N2)c2cc3ccccc3cc21. The molecule has 1 atom stereocenters. The van der Waals surface area contributed by atoms with Gasteiger partial charge in [-0.25, -0.2) is 0 Å². The van der Waals surface area contributed by atoms with Crippen LogP contribution < -0.4 is 21.1 Å². The number of hydrogen-bond acceptors (Lipinski definition) is 2. The van der Waals surface area contributed by atoms with Crippen molar-refractivity contribution < 1.29 is 0 Å². The zero-order valence-electron chi connectivity index (χ0n) is 13.8. The molecule has 2 heteroatoms. The van der Waals surface area contributed by atoms with Gasteiger partial charge in [0.1, 0.15) is 0 Å². The van der Waals surface area contributed by atoms with Crippen molar-refractivity contribution in [3.8, 4) is 0 Å². The summed E-state index contributed by atoms with van der Waals surface area (Å²) < 4.78 is 0. The number of nitrogens with one attached hydrogen (secondary N) is 2. The third-order valence-corrected chi connectivity index (χ3v) is 5.69. The minimum absolute atomic E-state index is 0.336. The standard InChI is InChI=1S/C23H18N2/c1-2-6-17-14-19-18(13-16(17)5-1)11-12-23(19)24-20-9-3-7-15-8-4-10-21(25-23)22(15)20/h1-3,5-9,11-14,24-25H,4,10H2. The molecule has 1 spiro atoms. The van der Waals surface area contributed by atoms with E-state index in [-0.39, 0.29) is 5.66 Å². The first-order valence-corrected chi connectivity index (χ1v) is 8.94. The highest BCUT2D eigenvalue weighted by atomic mass is 15.2. The summed E-state index contributed by atoms with van der Waals surface area (Å²) in [4.78, 5) is 0. The van der Waals surface area contributed by atoms with E-state index in [1.165, 1.54) is 43.7 Å². The highest BCUT2D eigenvalue weighted by Crippen LogP contribution is 2.39. The van der Waals surface area contributed by atoms with E-state index in [0.717, 1.165) is 12.8 Å². The van der Waals surface area contributed by atoms with Crippen LogP contribution in [0.25, 0.3) is 28.6 Å². The third-order valence-electron chi connectivity index (χ3n) is 5.69. The Hall–Kier alpha value is -3.00. The Morgan fingerprint density at radius 2 is 1.76 bits per heavy atom. The zero-order chi connectivity index (χ0) is 16.4. The molecule has 0 aromatic heterocycles. The molecule has 3 aromatic rings. The van der Waals surface area contributed by atoms with E-state index >= 15 is 0 Å². The first-order chi connectivity index (χ1) is 12.3. The van der Waals surface area contributed by atoms with Crippen molar-refractivity contribution in [2.24, 2.45) is 0 Å². The molecule has 1 heterocycles. The van der Waals surface area contributed by atoms with Gasteiger partial charge in [0.05, 0.1) is 0 Å². The van der Waals surface area contributed by atoms with Gasteiger partial charge in [-0.1, -0.05) is 48.6 Å². The van der Waals surface area contributed by atoms with Gasteiger partial charge in [0, 0.05) is 22.2 Å². The lowest BCUT2D eigenvalue weighted by atomic mass is 9.92. The average molecular weight is 322 g/mol. The van der Waals surface area contributed by atoms with Gasteiger partial charge in [-0.05, 0) is 58.7 Å². The van der Waals surface area contributed by atoms with E-state index in [1.54, 1.807) is 0 Å². The van der Waals surface area contributed by atoms with Crippen LogP contribution in [0, 0.1) is 0 Å². The predicted molar refractivity (Wildman–Crippen MR) is 104 cm³/mol. The summed E-state index contributed by atoms with van der Waals surface area (Å²) in [7, 11) is 0. The molecule has 1 unspecified atom stereocenters. The van der Waals surface area contributed by atoms with Crippen LogP contribution in [0.3, 0.4) is 0 Å². The molecule has 3 aliphatic rings. The summed E-state index contributed by atoms with van der Waals surface area (Å²) in [5, 5.41) is 12.9. The topological polar surface area (TPSA) is 24.1 Å². The Kier molecular flexibility index (Phi) is 2.42. The molecule has 120 valence electrons. The maximum absolute atomic E-state index is 3.85. The van der Waals surface area contributed by atoms with E-state index in [0.29, 0.717) is 0 Å². The monoisotopic (exact) mass is 322 g/mol. The summed E-state index contributed by atoms with van der Waals surface area (Å²) in [5.41, 5.74) is 4.86. The first kappa shape index (κ1) is 13.3. The molecule has 0 fully saturated rings. The lowest BCUT2D eigenvalue weighted by Gasteiger charge is -2.39. The second-order valence-corrected chi connectivity index (χ2v) is 7.17. The smallest absolute Gasteiger partial charge is 0.155 e. The molecule has 1 aliphatic heterocycles. The largest absolute Gasteiger partial charge is 0.359 e. The van der Waals surface area contributed by atoms with Crippen LogP contribution >= 0.6 is 0 Å². The lowest BCUT2D eigenvalue weighted by molar-refractivity contribution is 0.545. The van der Waals surface area contributed by atoms with E-state index in [1.807, 2.05) is 0 Å². The quantitative estimate of drug-likeness (QED) is 0.663. The zero-order valence-corrected chi connectivity index (χ0v) is 13.8. The molecular formula is C23H18N2. The van der Waals surface area contributed by atoms with Crippen molar-refractivity contribution in [3.63, 3.8) is 0 Å². The third kappa shape index (κ3) is 1.74. The minimum atomic E-state index is -0.336. The molecule has 2 aliphatic carbocycles. The van der Waals surface area contributed by atoms with Gasteiger partial charge in [-0.2, -0.15) is 0 Å². The molecule has 0 saturated heterocycles. The van der Waals surface area contributed by atoms with E-state index < -0.39 is 0 Å². The summed E-state index contributed by atoms with van der Waals surface area (Å²) in [6.07, 6.45) is 9.03. The molecule has 6 rings (SSSR count). The second-order valence-electron chi connectivity index (χ2n) is 7.17. The summed E-state index contributed by atoms with van der Waals surface area (Å²) in [5.74, 6) is 0. The first-order valence-electron chi connectivity index (χ1n) is 8.94. The van der Waals surface area contributed by atoms with Gasteiger partial charge in [0.2, 0.25) is 0 Å². The maximum Gasteiger partial charge on any atom is 0.155 e. The van der Waals surface area contributed by atoms with Gasteiger partial charge in [-0.3, -0.25) is 0 Å². The molecule has 0 amide bonds. The number of benzene rings is 3. The Bertz CT molecular complexity index is 1200. The fourth-order valence-electron chi connectivity index (χ4n) is 4.54. The molecular weight excluding hydrogens is 304 g/mol. The van der Waals surface area contributed by atoms with Crippen molar-refractivity contribution in [1.29, 1.82) is 0 Å². The molecule has 25 heavy (non-hydrogen) atoms. The van der Waals surface area contributed by atoms with Crippen molar-refractivity contribution in [2.75, 3.05) is 5.32 Å². The van der Waals surface area contributed by atoms with Crippen LogP contribution in [0.1, 0.15) is 24.0 Å². The summed E-state index contributed by atoms with van der Waals surface area (Å²) in [6.45, 7) is 0. The Morgan fingerprint density at radius 3 is 2.68 bits per heavy atom. The summed E-state index contributed by atoms with van der Waals surface area (Å²) >= 11 is 0. The normalized spacial score (nSPS) is 22.2. The maximum atomic E-state index is 3.85. The fraction of sp³-hybridized carbons (Fsp3) is 0.130. The fourth-order valence-corrected chi connectivity index (χ4v) is 4.54. The molecule has 0 radical (unpaired) electrons.